The van der Waals surface area contributed by atoms with Crippen LogP contribution in [0, 0.1) is 12.7 Å². The molecule has 1 N–H and O–H groups in total. The molecule has 3 rings (SSSR count). The Morgan fingerprint density at radius 1 is 1.46 bits per heavy atom. The zero-order valence-electron chi connectivity index (χ0n) is 16.0. The van der Waals surface area contributed by atoms with E-state index in [0.717, 1.165) is 17.5 Å². The lowest BCUT2D eigenvalue weighted by atomic mass is 10.0. The summed E-state index contributed by atoms with van der Waals surface area (Å²) in [6.45, 7) is 2.18. The molecule has 1 aliphatic rings. The Balaban J connectivity index is 1.97. The molecule has 146 valence electrons. The highest BCUT2D eigenvalue weighted by Crippen LogP contribution is 2.24. The third-order valence-electron chi connectivity index (χ3n) is 4.61. The van der Waals surface area contributed by atoms with Crippen molar-refractivity contribution in [3.63, 3.8) is 0 Å². The fourth-order valence-electron chi connectivity index (χ4n) is 3.09. The number of allylic oxidation sites excluding steroid dienone is 2. The minimum Gasteiger partial charge on any atom is -0.512 e. The lowest BCUT2D eigenvalue weighted by Gasteiger charge is -2.23. The van der Waals surface area contributed by atoms with Gasteiger partial charge in [0.15, 0.2) is 5.82 Å². The molecule has 2 aromatic rings. The Kier molecular flexibility index (Phi) is 6.03. The zero-order valence-corrected chi connectivity index (χ0v) is 16.0. The topological polar surface area (TPSA) is 70.7 Å². The van der Waals surface area contributed by atoms with E-state index in [2.05, 4.69) is 10.1 Å². The number of halogens is 1. The average molecular weight is 382 g/mol. The predicted octanol–water partition coefficient (Wildman–Crippen LogP) is 3.76. The van der Waals surface area contributed by atoms with Gasteiger partial charge in [0.1, 0.15) is 17.4 Å². The second-order valence-electron chi connectivity index (χ2n) is 6.69. The molecule has 0 fully saturated rings. The number of rotatable bonds is 6. The average Bonchev–Trinajstić information content (AvgIpc) is 3.00. The molecule has 0 saturated heterocycles. The largest absolute Gasteiger partial charge is 0.512 e. The molecule has 0 saturated carbocycles. The minimum absolute atomic E-state index is 0.193. The number of aliphatic hydroxyl groups is 1. The summed E-state index contributed by atoms with van der Waals surface area (Å²) in [4.78, 5) is 18.0. The van der Waals surface area contributed by atoms with Crippen LogP contribution in [-0.2, 0) is 18.3 Å². The second-order valence-corrected chi connectivity index (χ2v) is 6.69. The van der Waals surface area contributed by atoms with Crippen LogP contribution in [-0.4, -0.2) is 38.6 Å². The molecule has 0 radical (unpaired) electrons. The summed E-state index contributed by atoms with van der Waals surface area (Å²) in [6, 6.07) is 6.28. The van der Waals surface area contributed by atoms with Gasteiger partial charge in [0.2, 0.25) is 6.41 Å². The summed E-state index contributed by atoms with van der Waals surface area (Å²) in [7, 11) is 1.77. The number of aromatic nitrogens is 2. The Bertz CT molecular complexity index is 940. The van der Waals surface area contributed by atoms with E-state index < -0.39 is 0 Å². The molecule has 1 aromatic carbocycles. The molecule has 0 atom stereocenters. The molecule has 0 unspecified atom stereocenters. The molecule has 28 heavy (non-hydrogen) atoms. The van der Waals surface area contributed by atoms with E-state index in [0.29, 0.717) is 43.0 Å². The molecule has 0 bridgehead atoms. The summed E-state index contributed by atoms with van der Waals surface area (Å²) in [5.74, 6) is 0.835. The molecule has 6 nitrogen and oxygen atoms in total. The molecule has 1 aromatic heterocycles. The number of amidine groups is 1. The van der Waals surface area contributed by atoms with Crippen molar-refractivity contribution in [2.24, 2.45) is 12.0 Å². The first-order valence-electron chi connectivity index (χ1n) is 9.12. The maximum Gasteiger partial charge on any atom is 0.215 e. The number of aryl methyl sites for hydroxylation is 2. The van der Waals surface area contributed by atoms with Crippen molar-refractivity contribution in [1.82, 2.24) is 14.7 Å². The molecule has 0 aliphatic heterocycles. The molecule has 0 spiro atoms. The number of carbonyl (C=O) groups excluding carboxylic acids is 1. The third-order valence-corrected chi connectivity index (χ3v) is 4.61. The summed E-state index contributed by atoms with van der Waals surface area (Å²) < 4.78 is 15.1. The van der Waals surface area contributed by atoms with E-state index in [1.807, 2.05) is 19.1 Å². The van der Waals surface area contributed by atoms with E-state index >= 15 is 0 Å². The fraction of sp³-hybridized carbons (Fsp3) is 0.286. The number of benzene rings is 1. The van der Waals surface area contributed by atoms with Gasteiger partial charge in [-0.05, 0) is 37.5 Å². The number of amides is 1. The van der Waals surface area contributed by atoms with E-state index in [1.54, 1.807) is 30.1 Å². The molecule has 1 heterocycles. The Hall–Kier alpha value is -3.22. The minimum atomic E-state index is -0.315. The highest BCUT2D eigenvalue weighted by Gasteiger charge is 2.21. The van der Waals surface area contributed by atoms with Crippen molar-refractivity contribution in [1.29, 1.82) is 0 Å². The maximum absolute atomic E-state index is 13.4. The Morgan fingerprint density at radius 2 is 2.29 bits per heavy atom. The SMILES string of the molecule is Cc1cnn(C)c1/N=C(/C1=C(O)CCC=C1)N(C=O)CCc1cccc(F)c1. The first kappa shape index (κ1) is 19.5. The lowest BCUT2D eigenvalue weighted by molar-refractivity contribution is -0.114. The number of hydrogen-bond acceptors (Lipinski definition) is 4. The van der Waals surface area contributed by atoms with Crippen LogP contribution in [0.5, 0.6) is 0 Å². The van der Waals surface area contributed by atoms with E-state index in [1.165, 1.54) is 17.0 Å². The smallest absolute Gasteiger partial charge is 0.215 e. The van der Waals surface area contributed by atoms with Gasteiger partial charge in [-0.25, -0.2) is 9.38 Å². The van der Waals surface area contributed by atoms with Gasteiger partial charge in [-0.15, -0.1) is 0 Å². The van der Waals surface area contributed by atoms with Crippen LogP contribution in [0.4, 0.5) is 10.2 Å². The molecular formula is C21H23FN4O2. The second kappa shape index (κ2) is 8.65. The van der Waals surface area contributed by atoms with Gasteiger partial charge in [-0.2, -0.15) is 5.10 Å². The first-order valence-corrected chi connectivity index (χ1v) is 9.12. The van der Waals surface area contributed by atoms with Gasteiger partial charge in [0.05, 0.1) is 11.8 Å². The lowest BCUT2D eigenvalue weighted by Crippen LogP contribution is -2.33. The summed E-state index contributed by atoms with van der Waals surface area (Å²) in [6.07, 6.45) is 7.78. The van der Waals surface area contributed by atoms with Crippen LogP contribution in [0.25, 0.3) is 0 Å². The Morgan fingerprint density at radius 3 is 2.93 bits per heavy atom. The van der Waals surface area contributed by atoms with Crippen LogP contribution in [0.1, 0.15) is 24.0 Å². The van der Waals surface area contributed by atoms with Crippen LogP contribution < -0.4 is 0 Å². The summed E-state index contributed by atoms with van der Waals surface area (Å²) in [5.41, 5.74) is 2.15. The standard InChI is InChI=1S/C21H23FN4O2/c1-15-13-23-25(2)20(15)24-21(18-8-3-4-9-19(18)28)26(14-27)11-10-16-6-5-7-17(22)12-16/h3,5-8,12-14,28H,4,9-11H2,1-2H3/b24-21-. The number of nitrogens with zero attached hydrogens (tertiary/aromatic N) is 4. The monoisotopic (exact) mass is 382 g/mol. The van der Waals surface area contributed by atoms with Crippen molar-refractivity contribution < 1.29 is 14.3 Å². The van der Waals surface area contributed by atoms with Crippen LogP contribution in [0.15, 0.2) is 58.9 Å². The number of carbonyl (C=O) groups is 1. The van der Waals surface area contributed by atoms with Crippen molar-refractivity contribution in [3.8, 4) is 0 Å². The van der Waals surface area contributed by atoms with Crippen molar-refractivity contribution >= 4 is 18.1 Å². The van der Waals surface area contributed by atoms with E-state index in [-0.39, 0.29) is 11.6 Å². The number of aliphatic hydroxyl groups excluding tert-OH is 1. The Labute approximate surface area is 163 Å². The highest BCUT2D eigenvalue weighted by atomic mass is 19.1. The van der Waals surface area contributed by atoms with Gasteiger partial charge >= 0.3 is 0 Å². The predicted molar refractivity (Wildman–Crippen MR) is 106 cm³/mol. The first-order chi connectivity index (χ1) is 13.5. The van der Waals surface area contributed by atoms with Crippen LogP contribution in [0.3, 0.4) is 0 Å². The van der Waals surface area contributed by atoms with Gasteiger partial charge in [-0.3, -0.25) is 14.4 Å². The van der Waals surface area contributed by atoms with Gasteiger partial charge in [0, 0.05) is 25.6 Å². The van der Waals surface area contributed by atoms with E-state index in [9.17, 15) is 14.3 Å². The number of aliphatic imine (C=N–C) groups is 1. The molecule has 7 heteroatoms. The van der Waals surface area contributed by atoms with Crippen molar-refractivity contribution in [2.45, 2.75) is 26.2 Å². The summed E-state index contributed by atoms with van der Waals surface area (Å²) in [5, 5.41) is 14.6. The zero-order chi connectivity index (χ0) is 20.1. The summed E-state index contributed by atoms with van der Waals surface area (Å²) >= 11 is 0. The highest BCUT2D eigenvalue weighted by molar-refractivity contribution is 6.07. The number of hydrogen-bond donors (Lipinski definition) is 1. The van der Waals surface area contributed by atoms with Crippen LogP contribution in [0.2, 0.25) is 0 Å². The third kappa shape index (κ3) is 4.36. The fourth-order valence-corrected chi connectivity index (χ4v) is 3.09. The van der Waals surface area contributed by atoms with Gasteiger partial charge in [0.25, 0.3) is 0 Å². The van der Waals surface area contributed by atoms with Gasteiger partial charge < -0.3 is 5.11 Å². The van der Waals surface area contributed by atoms with Crippen molar-refractivity contribution in [2.75, 3.05) is 6.54 Å². The quantitative estimate of drug-likeness (QED) is 0.470. The van der Waals surface area contributed by atoms with Crippen LogP contribution >= 0.6 is 0 Å². The molecule has 1 aliphatic carbocycles. The normalized spacial score (nSPS) is 14.5. The molecule has 1 amide bonds. The molecular weight excluding hydrogens is 359 g/mol. The van der Waals surface area contributed by atoms with Gasteiger partial charge in [-0.1, -0.05) is 24.3 Å². The van der Waals surface area contributed by atoms with Crippen molar-refractivity contribution in [3.05, 3.63) is 70.9 Å². The maximum atomic E-state index is 13.4. The van der Waals surface area contributed by atoms with E-state index in [4.69, 9.17) is 0 Å².